The molecule has 3 rings (SSSR count). The first-order chi connectivity index (χ1) is 10.5. The van der Waals surface area contributed by atoms with Crippen LogP contribution in [-0.4, -0.2) is 18.6 Å². The fraction of sp³-hybridized carbons (Fsp3) is 0.0769. The van der Waals surface area contributed by atoms with Gasteiger partial charge in [-0.2, -0.15) is 0 Å². The van der Waals surface area contributed by atoms with E-state index in [9.17, 15) is 8.42 Å². The Labute approximate surface area is 131 Å². The molecule has 0 unspecified atom stereocenters. The third-order valence-electron chi connectivity index (χ3n) is 2.66. The maximum atomic E-state index is 12.1. The number of sulfonamides is 1. The SMILES string of the molecule is Cc1cc(Nc2ccc(NS(=O)(=O)c3cccs3)nc2)no1. The molecule has 0 aliphatic carbocycles. The van der Waals surface area contributed by atoms with Crippen molar-refractivity contribution in [3.63, 3.8) is 0 Å². The van der Waals surface area contributed by atoms with Crippen molar-refractivity contribution in [2.45, 2.75) is 11.1 Å². The maximum Gasteiger partial charge on any atom is 0.272 e. The number of nitrogens with one attached hydrogen (secondary N) is 2. The van der Waals surface area contributed by atoms with Crippen LogP contribution in [0.5, 0.6) is 0 Å². The van der Waals surface area contributed by atoms with E-state index in [1.165, 1.54) is 12.3 Å². The lowest BCUT2D eigenvalue weighted by Crippen LogP contribution is -2.12. The molecule has 0 spiro atoms. The Bertz CT molecular complexity index is 855. The summed E-state index contributed by atoms with van der Waals surface area (Å²) in [7, 11) is -3.58. The monoisotopic (exact) mass is 336 g/mol. The van der Waals surface area contributed by atoms with E-state index in [1.807, 2.05) is 0 Å². The summed E-state index contributed by atoms with van der Waals surface area (Å²) in [4.78, 5) is 4.07. The van der Waals surface area contributed by atoms with Gasteiger partial charge < -0.3 is 9.84 Å². The second kappa shape index (κ2) is 5.78. The van der Waals surface area contributed by atoms with E-state index in [2.05, 4.69) is 20.2 Å². The summed E-state index contributed by atoms with van der Waals surface area (Å²) < 4.78 is 31.7. The summed E-state index contributed by atoms with van der Waals surface area (Å²) in [6.07, 6.45) is 1.51. The number of aromatic nitrogens is 2. The molecule has 22 heavy (non-hydrogen) atoms. The fourth-order valence-electron chi connectivity index (χ4n) is 1.71. The Kier molecular flexibility index (Phi) is 3.82. The lowest BCUT2D eigenvalue weighted by molar-refractivity contribution is 0.400. The average molecular weight is 336 g/mol. The predicted octanol–water partition coefficient (Wildman–Crippen LogP) is 2.98. The summed E-state index contributed by atoms with van der Waals surface area (Å²) in [5, 5.41) is 8.51. The van der Waals surface area contributed by atoms with Crippen molar-refractivity contribution >= 4 is 38.7 Å². The van der Waals surface area contributed by atoms with Crippen molar-refractivity contribution < 1.29 is 12.9 Å². The maximum absolute atomic E-state index is 12.1. The molecule has 0 aliphatic heterocycles. The van der Waals surface area contributed by atoms with Crippen molar-refractivity contribution in [2.75, 3.05) is 10.0 Å². The summed E-state index contributed by atoms with van der Waals surface area (Å²) >= 11 is 1.15. The molecule has 0 aromatic carbocycles. The van der Waals surface area contributed by atoms with Crippen LogP contribution in [0.2, 0.25) is 0 Å². The first-order valence-electron chi connectivity index (χ1n) is 6.26. The van der Waals surface area contributed by atoms with Crippen molar-refractivity contribution in [1.29, 1.82) is 0 Å². The molecule has 0 atom stereocenters. The molecule has 3 aromatic heterocycles. The fourth-order valence-corrected chi connectivity index (χ4v) is 3.71. The normalized spacial score (nSPS) is 11.3. The smallest absolute Gasteiger partial charge is 0.272 e. The minimum absolute atomic E-state index is 0.245. The minimum Gasteiger partial charge on any atom is -0.360 e. The van der Waals surface area contributed by atoms with Crippen LogP contribution >= 0.6 is 11.3 Å². The molecule has 0 bridgehead atoms. The van der Waals surface area contributed by atoms with E-state index in [4.69, 9.17) is 4.52 Å². The van der Waals surface area contributed by atoms with Gasteiger partial charge in [-0.1, -0.05) is 11.2 Å². The average Bonchev–Trinajstić information content (AvgIpc) is 3.13. The molecular formula is C13H12N4O3S2. The highest BCUT2D eigenvalue weighted by atomic mass is 32.2. The van der Waals surface area contributed by atoms with E-state index in [0.29, 0.717) is 17.3 Å². The van der Waals surface area contributed by atoms with Gasteiger partial charge in [-0.3, -0.25) is 4.72 Å². The number of anilines is 3. The molecule has 0 fully saturated rings. The molecule has 114 valence electrons. The molecule has 0 aliphatic rings. The number of nitrogens with zero attached hydrogens (tertiary/aromatic N) is 2. The Morgan fingerprint density at radius 3 is 2.68 bits per heavy atom. The topological polar surface area (TPSA) is 97.1 Å². The first-order valence-corrected chi connectivity index (χ1v) is 8.62. The van der Waals surface area contributed by atoms with Gasteiger partial charge in [0.1, 0.15) is 15.8 Å². The third kappa shape index (κ3) is 3.26. The van der Waals surface area contributed by atoms with Crippen LogP contribution < -0.4 is 10.0 Å². The standard InChI is InChI=1S/C13H12N4O3S2/c1-9-7-12(16-20-9)15-10-4-5-11(14-8-10)17-22(18,19)13-3-2-6-21-13/h2-8H,1H3,(H,14,17)(H,15,16). The van der Waals surface area contributed by atoms with Crippen molar-refractivity contribution in [2.24, 2.45) is 0 Å². The highest BCUT2D eigenvalue weighted by Gasteiger charge is 2.15. The van der Waals surface area contributed by atoms with Gasteiger partial charge in [-0.15, -0.1) is 11.3 Å². The number of hydrogen-bond donors (Lipinski definition) is 2. The van der Waals surface area contributed by atoms with E-state index in [-0.39, 0.29) is 10.0 Å². The van der Waals surface area contributed by atoms with Crippen molar-refractivity contribution in [3.05, 3.63) is 47.7 Å². The molecule has 2 N–H and O–H groups in total. The largest absolute Gasteiger partial charge is 0.360 e. The summed E-state index contributed by atoms with van der Waals surface area (Å²) in [6, 6.07) is 8.23. The van der Waals surface area contributed by atoms with Crippen LogP contribution in [-0.2, 0) is 10.0 Å². The predicted molar refractivity (Wildman–Crippen MR) is 83.9 cm³/mol. The Morgan fingerprint density at radius 2 is 2.09 bits per heavy atom. The summed E-state index contributed by atoms with van der Waals surface area (Å²) in [5.41, 5.74) is 0.673. The van der Waals surface area contributed by atoms with Gasteiger partial charge in [-0.25, -0.2) is 13.4 Å². The highest BCUT2D eigenvalue weighted by molar-refractivity contribution is 7.94. The molecular weight excluding hydrogens is 324 g/mol. The van der Waals surface area contributed by atoms with Gasteiger partial charge in [0.15, 0.2) is 5.82 Å². The van der Waals surface area contributed by atoms with Gasteiger partial charge in [0.05, 0.1) is 11.9 Å². The van der Waals surface area contributed by atoms with Crippen LogP contribution in [0.4, 0.5) is 17.3 Å². The molecule has 3 aromatic rings. The Morgan fingerprint density at radius 1 is 1.23 bits per heavy atom. The molecule has 0 amide bonds. The number of thiophene rings is 1. The summed E-state index contributed by atoms with van der Waals surface area (Å²) in [6.45, 7) is 1.79. The third-order valence-corrected chi connectivity index (χ3v) is 5.41. The van der Waals surface area contributed by atoms with Gasteiger partial charge >= 0.3 is 0 Å². The second-order valence-corrected chi connectivity index (χ2v) is 7.27. The van der Waals surface area contributed by atoms with E-state index < -0.39 is 10.0 Å². The molecule has 0 saturated heterocycles. The van der Waals surface area contributed by atoms with Gasteiger partial charge in [0, 0.05) is 6.07 Å². The zero-order valence-corrected chi connectivity index (χ0v) is 13.1. The molecule has 3 heterocycles. The van der Waals surface area contributed by atoms with Crippen LogP contribution in [0.15, 0.2) is 50.6 Å². The molecule has 9 heteroatoms. The van der Waals surface area contributed by atoms with E-state index in [1.54, 1.807) is 36.6 Å². The van der Waals surface area contributed by atoms with Crippen LogP contribution in [0.3, 0.4) is 0 Å². The van der Waals surface area contributed by atoms with Crippen molar-refractivity contribution in [1.82, 2.24) is 10.1 Å². The lowest BCUT2D eigenvalue weighted by atomic mass is 10.4. The Hall–Kier alpha value is -2.39. The summed E-state index contributed by atoms with van der Waals surface area (Å²) in [5.74, 6) is 1.50. The zero-order chi connectivity index (χ0) is 15.6. The molecule has 0 saturated carbocycles. The first kappa shape index (κ1) is 14.5. The van der Waals surface area contributed by atoms with E-state index in [0.717, 1.165) is 11.3 Å². The quantitative estimate of drug-likeness (QED) is 0.743. The zero-order valence-electron chi connectivity index (χ0n) is 11.5. The number of hydrogen-bond acceptors (Lipinski definition) is 7. The van der Waals surface area contributed by atoms with Crippen LogP contribution in [0.25, 0.3) is 0 Å². The number of pyridine rings is 1. The van der Waals surface area contributed by atoms with Crippen molar-refractivity contribution in [3.8, 4) is 0 Å². The van der Waals surface area contributed by atoms with E-state index >= 15 is 0 Å². The molecule has 0 radical (unpaired) electrons. The van der Waals surface area contributed by atoms with Gasteiger partial charge in [-0.05, 0) is 30.5 Å². The minimum atomic E-state index is -3.58. The Balaban J connectivity index is 1.72. The van der Waals surface area contributed by atoms with Crippen LogP contribution in [0, 0.1) is 6.92 Å². The van der Waals surface area contributed by atoms with Crippen LogP contribution in [0.1, 0.15) is 5.76 Å². The lowest BCUT2D eigenvalue weighted by Gasteiger charge is -2.06. The van der Waals surface area contributed by atoms with Gasteiger partial charge in [0.2, 0.25) is 0 Å². The number of rotatable bonds is 5. The molecule has 7 nitrogen and oxygen atoms in total. The van der Waals surface area contributed by atoms with Gasteiger partial charge in [0.25, 0.3) is 10.0 Å². The highest BCUT2D eigenvalue weighted by Crippen LogP contribution is 2.21. The second-order valence-electron chi connectivity index (χ2n) is 4.42. The number of aryl methyl sites for hydroxylation is 1.